The molecule has 0 aromatic carbocycles. The van der Waals surface area contributed by atoms with Gasteiger partial charge in [0.2, 0.25) is 22.9 Å². The average Bonchev–Trinajstić information content (AvgIpc) is 3.19. The third-order valence-corrected chi connectivity index (χ3v) is 4.34. The molecule has 112 valence electrons. The third-order valence-electron chi connectivity index (χ3n) is 3.42. The zero-order chi connectivity index (χ0) is 15.0. The highest BCUT2D eigenvalue weighted by molar-refractivity contribution is 7.99. The van der Waals surface area contributed by atoms with Crippen LogP contribution in [0.1, 0.15) is 25.8 Å². The van der Waals surface area contributed by atoms with Gasteiger partial charge in [-0.2, -0.15) is 0 Å². The van der Waals surface area contributed by atoms with E-state index in [1.807, 2.05) is 0 Å². The fraction of sp³-hybridized carbons (Fsp3) is 0.636. The molecule has 1 aromatic rings. The largest absolute Gasteiger partial charge is 0.321 e. The molecule has 2 aliphatic rings. The Kier molecular flexibility index (Phi) is 3.62. The zero-order valence-corrected chi connectivity index (χ0v) is 12.2. The van der Waals surface area contributed by atoms with E-state index in [-0.39, 0.29) is 18.2 Å². The van der Waals surface area contributed by atoms with Crippen LogP contribution < -0.4 is 5.32 Å². The molecular formula is C11H14N6O3S. The van der Waals surface area contributed by atoms with Crippen LogP contribution in [0.25, 0.3) is 0 Å². The number of nitrogens with one attached hydrogen (secondary N) is 1. The van der Waals surface area contributed by atoms with Gasteiger partial charge >= 0.3 is 0 Å². The first-order valence-corrected chi connectivity index (χ1v) is 7.58. The van der Waals surface area contributed by atoms with Crippen molar-refractivity contribution in [2.24, 2.45) is 0 Å². The van der Waals surface area contributed by atoms with Gasteiger partial charge in [-0.15, -0.1) is 5.10 Å². The second-order valence-corrected chi connectivity index (χ2v) is 5.98. The molecular weight excluding hydrogens is 296 g/mol. The quantitative estimate of drug-likeness (QED) is 0.559. The van der Waals surface area contributed by atoms with Crippen LogP contribution in [0.5, 0.6) is 0 Å². The van der Waals surface area contributed by atoms with Gasteiger partial charge < -0.3 is 4.90 Å². The van der Waals surface area contributed by atoms with Crippen LogP contribution in [0.2, 0.25) is 0 Å². The molecule has 10 heteroatoms. The molecule has 1 aliphatic carbocycles. The molecule has 3 rings (SSSR count). The van der Waals surface area contributed by atoms with Crippen molar-refractivity contribution in [2.45, 2.75) is 37.0 Å². The van der Waals surface area contributed by atoms with Crippen LogP contribution in [-0.4, -0.2) is 61.2 Å². The number of carbonyl (C=O) groups excluding carboxylic acids is 3. The first-order valence-electron chi connectivity index (χ1n) is 6.60. The Morgan fingerprint density at radius 1 is 1.43 bits per heavy atom. The van der Waals surface area contributed by atoms with Crippen molar-refractivity contribution < 1.29 is 14.4 Å². The summed E-state index contributed by atoms with van der Waals surface area (Å²) in [6.07, 6.45) is 2.09. The second-order valence-electron chi connectivity index (χ2n) is 5.04. The Balaban J connectivity index is 1.61. The molecule has 0 bridgehead atoms. The number of nitrogens with zero attached hydrogens (tertiary/aromatic N) is 5. The van der Waals surface area contributed by atoms with Gasteiger partial charge in [0, 0.05) is 0 Å². The molecule has 1 aromatic heterocycles. The van der Waals surface area contributed by atoms with E-state index in [9.17, 15) is 14.4 Å². The minimum atomic E-state index is -0.643. The molecule has 1 saturated carbocycles. The SMILES string of the molecule is CC1C(=O)NC(=O)CN1C(=O)CSc1nnnn1C1CC1. The van der Waals surface area contributed by atoms with Crippen LogP contribution in [-0.2, 0) is 14.4 Å². The Morgan fingerprint density at radius 2 is 2.19 bits per heavy atom. The number of imide groups is 1. The smallest absolute Gasteiger partial charge is 0.249 e. The molecule has 9 nitrogen and oxygen atoms in total. The van der Waals surface area contributed by atoms with Crippen LogP contribution in [0.15, 0.2) is 5.16 Å². The van der Waals surface area contributed by atoms with Crippen molar-refractivity contribution in [2.75, 3.05) is 12.3 Å². The molecule has 3 amide bonds. The number of hydrogen-bond donors (Lipinski definition) is 1. The van der Waals surface area contributed by atoms with Gasteiger partial charge in [-0.25, -0.2) is 4.68 Å². The van der Waals surface area contributed by atoms with E-state index in [0.717, 1.165) is 12.8 Å². The maximum atomic E-state index is 12.2. The van der Waals surface area contributed by atoms with Gasteiger partial charge in [0.05, 0.1) is 11.8 Å². The molecule has 1 saturated heterocycles. The highest BCUT2D eigenvalue weighted by atomic mass is 32.2. The Hall–Kier alpha value is -1.97. The van der Waals surface area contributed by atoms with E-state index in [1.165, 1.54) is 16.7 Å². The van der Waals surface area contributed by atoms with Gasteiger partial charge in [-0.1, -0.05) is 11.8 Å². The van der Waals surface area contributed by atoms with E-state index in [0.29, 0.717) is 11.2 Å². The Bertz CT molecular complexity index is 599. The number of amides is 3. The Labute approximate surface area is 124 Å². The number of aromatic nitrogens is 4. The molecule has 2 fully saturated rings. The maximum absolute atomic E-state index is 12.2. The lowest BCUT2D eigenvalue weighted by molar-refractivity contribution is -0.148. The summed E-state index contributed by atoms with van der Waals surface area (Å²) in [4.78, 5) is 36.3. The van der Waals surface area contributed by atoms with E-state index >= 15 is 0 Å². The van der Waals surface area contributed by atoms with Crippen molar-refractivity contribution in [1.29, 1.82) is 0 Å². The van der Waals surface area contributed by atoms with Crippen LogP contribution in [0, 0.1) is 0 Å². The van der Waals surface area contributed by atoms with Crippen molar-refractivity contribution in [1.82, 2.24) is 30.4 Å². The second kappa shape index (κ2) is 5.43. The summed E-state index contributed by atoms with van der Waals surface area (Å²) in [6, 6.07) is -0.311. The standard InChI is InChI=1S/C11H14N6O3S/c1-6-10(20)12-8(18)4-16(6)9(19)5-21-11-13-14-15-17(11)7-2-3-7/h6-7H,2-5H2,1H3,(H,12,18,20). The van der Waals surface area contributed by atoms with Crippen molar-refractivity contribution >= 4 is 29.5 Å². The molecule has 1 aliphatic heterocycles. The lowest BCUT2D eigenvalue weighted by Gasteiger charge is -2.31. The van der Waals surface area contributed by atoms with E-state index < -0.39 is 17.9 Å². The van der Waals surface area contributed by atoms with E-state index in [4.69, 9.17) is 0 Å². The van der Waals surface area contributed by atoms with Crippen LogP contribution in [0.4, 0.5) is 0 Å². The summed E-state index contributed by atoms with van der Waals surface area (Å²) < 4.78 is 1.72. The van der Waals surface area contributed by atoms with Crippen molar-refractivity contribution in [3.63, 3.8) is 0 Å². The highest BCUT2D eigenvalue weighted by Gasteiger charge is 2.34. The van der Waals surface area contributed by atoms with E-state index in [2.05, 4.69) is 20.8 Å². The molecule has 21 heavy (non-hydrogen) atoms. The lowest BCUT2D eigenvalue weighted by Crippen LogP contribution is -2.59. The number of carbonyl (C=O) groups is 3. The summed E-state index contributed by atoms with van der Waals surface area (Å²) in [5.41, 5.74) is 0. The number of thioether (sulfide) groups is 1. The minimum Gasteiger partial charge on any atom is -0.321 e. The maximum Gasteiger partial charge on any atom is 0.249 e. The highest BCUT2D eigenvalue weighted by Crippen LogP contribution is 2.36. The van der Waals surface area contributed by atoms with Gasteiger partial charge in [-0.05, 0) is 30.2 Å². The summed E-state index contributed by atoms with van der Waals surface area (Å²) in [6.45, 7) is 1.50. The van der Waals surface area contributed by atoms with Gasteiger partial charge in [-0.3, -0.25) is 19.7 Å². The molecule has 1 atom stereocenters. The fourth-order valence-electron chi connectivity index (χ4n) is 2.06. The lowest BCUT2D eigenvalue weighted by atomic mass is 10.2. The summed E-state index contributed by atoms with van der Waals surface area (Å²) in [5.74, 6) is -1.09. The van der Waals surface area contributed by atoms with Gasteiger partial charge in [0.25, 0.3) is 0 Å². The first-order chi connectivity index (χ1) is 10.1. The van der Waals surface area contributed by atoms with Crippen molar-refractivity contribution in [3.05, 3.63) is 0 Å². The first kappa shape index (κ1) is 14.0. The topological polar surface area (TPSA) is 110 Å². The fourth-order valence-corrected chi connectivity index (χ4v) is 2.89. The number of piperazine rings is 1. The molecule has 0 radical (unpaired) electrons. The average molecular weight is 310 g/mol. The third kappa shape index (κ3) is 2.89. The number of hydrogen-bond acceptors (Lipinski definition) is 7. The minimum absolute atomic E-state index is 0.0952. The summed E-state index contributed by atoms with van der Waals surface area (Å²) in [5, 5.41) is 14.2. The van der Waals surface area contributed by atoms with Gasteiger partial charge in [0.1, 0.15) is 12.6 Å². The Morgan fingerprint density at radius 3 is 2.90 bits per heavy atom. The predicted octanol–water partition coefficient (Wildman–Crippen LogP) is -1.03. The molecule has 1 unspecified atom stereocenters. The molecule has 2 heterocycles. The van der Waals surface area contributed by atoms with Crippen LogP contribution in [0.3, 0.4) is 0 Å². The monoisotopic (exact) mass is 310 g/mol. The molecule has 1 N–H and O–H groups in total. The summed E-state index contributed by atoms with van der Waals surface area (Å²) >= 11 is 1.22. The van der Waals surface area contributed by atoms with Gasteiger partial charge in [0.15, 0.2) is 0 Å². The predicted molar refractivity (Wildman–Crippen MR) is 71.1 cm³/mol. The number of rotatable bonds is 4. The summed E-state index contributed by atoms with van der Waals surface area (Å²) in [7, 11) is 0. The van der Waals surface area contributed by atoms with E-state index in [1.54, 1.807) is 11.6 Å². The van der Waals surface area contributed by atoms with Crippen LogP contribution >= 0.6 is 11.8 Å². The zero-order valence-electron chi connectivity index (χ0n) is 11.4. The normalized spacial score (nSPS) is 22.3. The van der Waals surface area contributed by atoms with Crippen molar-refractivity contribution in [3.8, 4) is 0 Å². The number of tetrazole rings is 1. The molecule has 0 spiro atoms.